The van der Waals surface area contributed by atoms with Gasteiger partial charge in [-0.25, -0.2) is 9.59 Å². The van der Waals surface area contributed by atoms with E-state index in [0.717, 1.165) is 0 Å². The summed E-state index contributed by atoms with van der Waals surface area (Å²) in [6, 6.07) is -0.424. The lowest BCUT2D eigenvalue weighted by molar-refractivity contribution is 0.0640. The van der Waals surface area contributed by atoms with Gasteiger partial charge in [-0.3, -0.25) is 0 Å². The van der Waals surface area contributed by atoms with Gasteiger partial charge in [0.15, 0.2) is 6.07 Å². The second kappa shape index (κ2) is 3.96. The Kier molecular flexibility index (Phi) is 3.54. The lowest BCUT2D eigenvalue weighted by Crippen LogP contribution is -2.10. The molecule has 0 radical (unpaired) electrons. The maximum absolute atomic E-state index is 9.94. The first kappa shape index (κ1) is 8.03. The lowest BCUT2D eigenvalue weighted by atomic mass is 11.2. The van der Waals surface area contributed by atoms with E-state index in [0.29, 0.717) is 0 Å². The van der Waals surface area contributed by atoms with Gasteiger partial charge in [-0.2, -0.15) is 0 Å². The van der Waals surface area contributed by atoms with Crippen molar-refractivity contribution in [2.24, 2.45) is 0 Å². The van der Waals surface area contributed by atoms with Crippen LogP contribution in [0.3, 0.4) is 0 Å². The van der Waals surface area contributed by atoms with Crippen LogP contribution < -0.4 is 0 Å². The molecule has 9 heavy (non-hydrogen) atoms. The van der Waals surface area contributed by atoms with Gasteiger partial charge >= 0.3 is 12.3 Å². The Morgan fingerprint density at radius 3 is 2.44 bits per heavy atom. The summed E-state index contributed by atoms with van der Waals surface area (Å²) >= 11 is 4.86. The predicted molar refractivity (Wildman–Crippen MR) is 26.3 cm³/mol. The zero-order valence-corrected chi connectivity index (χ0v) is 4.92. The van der Waals surface area contributed by atoms with Crippen molar-refractivity contribution in [3.8, 4) is 0 Å². The Hall–Kier alpha value is -0.970. The third kappa shape index (κ3) is 4.89. The molecule has 0 aromatic rings. The van der Waals surface area contributed by atoms with Gasteiger partial charge in [-0.15, -0.1) is 0 Å². The number of carboxylic acid groups (broad SMARTS) is 1. The third-order valence-electron chi connectivity index (χ3n) is 0.343. The summed E-state index contributed by atoms with van der Waals surface area (Å²) in [6.07, 6.45) is -3.04. The molecule has 0 aliphatic rings. The number of rotatable bonds is 1. The van der Waals surface area contributed by atoms with Crippen molar-refractivity contribution in [2.75, 3.05) is 6.07 Å². The normalized spacial score (nSPS) is 8.11. The summed E-state index contributed by atoms with van der Waals surface area (Å²) in [5.74, 6) is 0. The van der Waals surface area contributed by atoms with E-state index in [1.807, 2.05) is 0 Å². The van der Waals surface area contributed by atoms with Gasteiger partial charge in [-0.1, -0.05) is 11.6 Å². The third-order valence-corrected chi connectivity index (χ3v) is 0.452. The Labute approximate surface area is 55.1 Å². The highest BCUT2D eigenvalue weighted by Gasteiger charge is 2.07. The molecular weight excluding hydrogens is 151 g/mol. The molecule has 0 unspecified atom stereocenters. The molecule has 0 aliphatic carbocycles. The molecular formula is C3H3ClO5. The van der Waals surface area contributed by atoms with E-state index in [9.17, 15) is 9.59 Å². The summed E-state index contributed by atoms with van der Waals surface area (Å²) < 4.78 is 7.34. The van der Waals surface area contributed by atoms with Gasteiger partial charge in [0.05, 0.1) is 0 Å². The fraction of sp³-hybridized carbons (Fsp3) is 0.333. The van der Waals surface area contributed by atoms with Crippen molar-refractivity contribution in [1.29, 1.82) is 0 Å². The average Bonchev–Trinajstić information content (AvgIpc) is 1.63. The van der Waals surface area contributed by atoms with E-state index in [1.54, 1.807) is 0 Å². The van der Waals surface area contributed by atoms with E-state index in [4.69, 9.17) is 16.7 Å². The molecule has 0 amide bonds. The minimum absolute atomic E-state index is 0.424. The number of hydrogen-bond acceptors (Lipinski definition) is 4. The smallest absolute Gasteiger partial charge is 0.449 e. The van der Waals surface area contributed by atoms with Gasteiger partial charge in [0, 0.05) is 0 Å². The Bertz CT molecular complexity index is 121. The highest BCUT2D eigenvalue weighted by molar-refractivity contribution is 6.17. The molecule has 0 aromatic heterocycles. The highest BCUT2D eigenvalue weighted by Crippen LogP contribution is 1.86. The second-order valence-corrected chi connectivity index (χ2v) is 1.09. The molecule has 5 nitrogen and oxygen atoms in total. The van der Waals surface area contributed by atoms with Crippen LogP contribution >= 0.6 is 11.6 Å². The fourth-order valence-corrected chi connectivity index (χ4v) is 0.234. The molecule has 0 rings (SSSR count). The quantitative estimate of drug-likeness (QED) is 0.347. The molecule has 0 heterocycles. The molecule has 0 aliphatic heterocycles. The van der Waals surface area contributed by atoms with E-state index in [-0.39, 0.29) is 0 Å². The van der Waals surface area contributed by atoms with Gasteiger partial charge < -0.3 is 14.6 Å². The van der Waals surface area contributed by atoms with Gasteiger partial charge in [-0.05, 0) is 0 Å². The number of ether oxygens (including phenoxy) is 2. The number of carbonyl (C=O) groups is 2. The second-order valence-electron chi connectivity index (χ2n) is 0.871. The molecule has 52 valence electrons. The number of carbonyl (C=O) groups excluding carboxylic acids is 1. The fourth-order valence-electron chi connectivity index (χ4n) is 0.145. The van der Waals surface area contributed by atoms with Crippen molar-refractivity contribution in [2.45, 2.75) is 0 Å². The van der Waals surface area contributed by atoms with Crippen molar-refractivity contribution >= 4 is 23.9 Å². The molecule has 1 N–H and O–H groups in total. The molecule has 0 aromatic carbocycles. The number of alkyl halides is 1. The zero-order valence-electron chi connectivity index (χ0n) is 4.17. The first-order chi connectivity index (χ1) is 4.16. The average molecular weight is 155 g/mol. The van der Waals surface area contributed by atoms with Gasteiger partial charge in [0.2, 0.25) is 0 Å². The Morgan fingerprint density at radius 2 is 2.11 bits per heavy atom. The van der Waals surface area contributed by atoms with Crippen LogP contribution in [-0.4, -0.2) is 23.5 Å². The maximum atomic E-state index is 9.94. The maximum Gasteiger partial charge on any atom is 0.519 e. The summed E-state index contributed by atoms with van der Waals surface area (Å²) in [5, 5.41) is 7.74. The van der Waals surface area contributed by atoms with E-state index in [2.05, 4.69) is 9.47 Å². The van der Waals surface area contributed by atoms with Crippen LogP contribution in [0.2, 0.25) is 0 Å². The van der Waals surface area contributed by atoms with Crippen molar-refractivity contribution in [3.05, 3.63) is 0 Å². The van der Waals surface area contributed by atoms with Crippen LogP contribution in [0.5, 0.6) is 0 Å². The van der Waals surface area contributed by atoms with Crippen LogP contribution in [0.25, 0.3) is 0 Å². The Balaban J connectivity index is 3.39. The van der Waals surface area contributed by atoms with E-state index < -0.39 is 18.4 Å². The Morgan fingerprint density at radius 1 is 1.56 bits per heavy atom. The van der Waals surface area contributed by atoms with Crippen molar-refractivity contribution in [3.63, 3.8) is 0 Å². The summed E-state index contributed by atoms with van der Waals surface area (Å²) in [5.41, 5.74) is 0. The van der Waals surface area contributed by atoms with Gasteiger partial charge in [0.25, 0.3) is 0 Å². The van der Waals surface area contributed by atoms with Crippen molar-refractivity contribution < 1.29 is 24.2 Å². The summed E-state index contributed by atoms with van der Waals surface area (Å²) in [7, 11) is 0. The van der Waals surface area contributed by atoms with Crippen LogP contribution in [0.1, 0.15) is 0 Å². The lowest BCUT2D eigenvalue weighted by Gasteiger charge is -1.94. The summed E-state index contributed by atoms with van der Waals surface area (Å²) in [4.78, 5) is 19.5. The number of hydrogen-bond donors (Lipinski definition) is 1. The van der Waals surface area contributed by atoms with E-state index in [1.165, 1.54) is 0 Å². The molecule has 0 spiro atoms. The van der Waals surface area contributed by atoms with Crippen LogP contribution in [0.15, 0.2) is 0 Å². The minimum Gasteiger partial charge on any atom is -0.449 e. The minimum atomic E-state index is -1.72. The molecule has 0 atom stereocenters. The van der Waals surface area contributed by atoms with Crippen LogP contribution in [0.4, 0.5) is 9.59 Å². The zero-order chi connectivity index (χ0) is 7.28. The highest BCUT2D eigenvalue weighted by atomic mass is 35.5. The van der Waals surface area contributed by atoms with Crippen LogP contribution in [0, 0.1) is 0 Å². The molecule has 0 fully saturated rings. The number of halogens is 1. The van der Waals surface area contributed by atoms with E-state index >= 15 is 0 Å². The SMILES string of the molecule is O=C(O)OC(=O)OCCl. The van der Waals surface area contributed by atoms with Crippen molar-refractivity contribution in [1.82, 2.24) is 0 Å². The molecule has 0 saturated heterocycles. The molecule has 6 heteroatoms. The largest absolute Gasteiger partial charge is 0.519 e. The first-order valence-electron chi connectivity index (χ1n) is 1.80. The predicted octanol–water partition coefficient (Wildman–Crippen LogP) is 1.01. The topological polar surface area (TPSA) is 72.8 Å². The standard InChI is InChI=1S/C3H3ClO5/c4-1-8-3(7)9-2(5)6/h1H2,(H,5,6). The van der Waals surface area contributed by atoms with Crippen LogP contribution in [-0.2, 0) is 9.47 Å². The molecule has 0 bridgehead atoms. The monoisotopic (exact) mass is 154 g/mol. The summed E-state index contributed by atoms with van der Waals surface area (Å²) in [6.45, 7) is 0. The van der Waals surface area contributed by atoms with Gasteiger partial charge in [0.1, 0.15) is 0 Å². The first-order valence-corrected chi connectivity index (χ1v) is 2.33. The molecule has 0 saturated carbocycles.